The minimum absolute atomic E-state index is 0.123. The fourth-order valence-electron chi connectivity index (χ4n) is 3.61. The van der Waals surface area contributed by atoms with Crippen LogP contribution in [0.2, 0.25) is 0 Å². The lowest BCUT2D eigenvalue weighted by molar-refractivity contribution is 0.0557. The van der Waals surface area contributed by atoms with Gasteiger partial charge in [-0.2, -0.15) is 9.57 Å². The second-order valence-corrected chi connectivity index (χ2v) is 9.01. The van der Waals surface area contributed by atoms with E-state index >= 15 is 0 Å². The van der Waals surface area contributed by atoms with Crippen LogP contribution in [0.4, 0.5) is 0 Å². The number of hydrogen-bond donors (Lipinski definition) is 1. The smallest absolute Gasteiger partial charge is 0.244 e. The van der Waals surface area contributed by atoms with Crippen molar-refractivity contribution in [1.29, 1.82) is 5.26 Å². The zero-order chi connectivity index (χ0) is 19.7. The third-order valence-corrected chi connectivity index (χ3v) is 7.21. The van der Waals surface area contributed by atoms with Gasteiger partial charge in [0.05, 0.1) is 23.6 Å². The molecule has 5 nitrogen and oxygen atoms in total. The molecular weight excluding hydrogens is 372 g/mol. The third-order valence-electron chi connectivity index (χ3n) is 5.29. The Kier molecular flexibility index (Phi) is 4.95. The maximum atomic E-state index is 13.0. The van der Waals surface area contributed by atoms with Gasteiger partial charge in [-0.05, 0) is 42.7 Å². The van der Waals surface area contributed by atoms with Crippen LogP contribution in [0.5, 0.6) is 0 Å². The number of aliphatic hydroxyl groups is 1. The second kappa shape index (κ2) is 7.41. The molecule has 2 aliphatic rings. The summed E-state index contributed by atoms with van der Waals surface area (Å²) in [4.78, 5) is 0.123. The molecule has 0 amide bonds. The molecular formula is C22H20N2O3S. The molecule has 2 fully saturated rings. The van der Waals surface area contributed by atoms with Gasteiger partial charge in [0.25, 0.3) is 0 Å². The van der Waals surface area contributed by atoms with Gasteiger partial charge in [-0.15, -0.1) is 0 Å². The lowest BCUT2D eigenvalue weighted by Crippen LogP contribution is -2.64. The molecule has 2 aromatic carbocycles. The van der Waals surface area contributed by atoms with Crippen LogP contribution in [-0.2, 0) is 10.0 Å². The molecule has 142 valence electrons. The van der Waals surface area contributed by atoms with Crippen molar-refractivity contribution < 1.29 is 13.5 Å². The largest absolute Gasteiger partial charge is 0.395 e. The lowest BCUT2D eigenvalue weighted by atomic mass is 9.78. The van der Waals surface area contributed by atoms with E-state index in [4.69, 9.17) is 0 Å². The first kappa shape index (κ1) is 18.7. The summed E-state index contributed by atoms with van der Waals surface area (Å²) in [5.74, 6) is 6.49. The Morgan fingerprint density at radius 2 is 1.75 bits per heavy atom. The summed E-state index contributed by atoms with van der Waals surface area (Å²) >= 11 is 0. The van der Waals surface area contributed by atoms with Crippen LogP contribution in [0.1, 0.15) is 29.9 Å². The summed E-state index contributed by atoms with van der Waals surface area (Å²) in [6.45, 7) is -0.349. The number of nitrogens with zero attached hydrogens (tertiary/aromatic N) is 2. The van der Waals surface area contributed by atoms with Crippen molar-refractivity contribution in [3.8, 4) is 17.9 Å². The van der Waals surface area contributed by atoms with Crippen molar-refractivity contribution in [3.63, 3.8) is 0 Å². The van der Waals surface area contributed by atoms with Crippen molar-refractivity contribution in [1.82, 2.24) is 4.31 Å². The molecule has 1 N–H and O–H groups in total. The average molecular weight is 392 g/mol. The number of nitriles is 1. The summed E-state index contributed by atoms with van der Waals surface area (Å²) in [5, 5.41) is 19.5. The molecule has 28 heavy (non-hydrogen) atoms. The molecule has 0 unspecified atom stereocenters. The molecule has 3 atom stereocenters. The zero-order valence-corrected chi connectivity index (χ0v) is 16.0. The molecule has 0 aromatic heterocycles. The number of benzene rings is 2. The van der Waals surface area contributed by atoms with Crippen LogP contribution < -0.4 is 0 Å². The molecule has 6 heteroatoms. The minimum atomic E-state index is -3.86. The third kappa shape index (κ3) is 3.31. The van der Waals surface area contributed by atoms with E-state index in [0.29, 0.717) is 5.92 Å². The van der Waals surface area contributed by atoms with Gasteiger partial charge < -0.3 is 5.11 Å². The fraction of sp³-hybridized carbons (Fsp3) is 0.318. The quantitative estimate of drug-likeness (QED) is 0.811. The van der Waals surface area contributed by atoms with E-state index in [2.05, 4.69) is 17.9 Å². The Hall–Kier alpha value is -2.64. The van der Waals surface area contributed by atoms with Crippen LogP contribution in [0.15, 0.2) is 59.5 Å². The van der Waals surface area contributed by atoms with Crippen molar-refractivity contribution in [3.05, 3.63) is 65.7 Å². The molecule has 1 aliphatic carbocycles. The first-order valence-corrected chi connectivity index (χ1v) is 10.7. The Morgan fingerprint density at radius 3 is 2.32 bits per heavy atom. The van der Waals surface area contributed by atoms with E-state index in [1.54, 1.807) is 18.2 Å². The normalized spacial score (nSPS) is 24.5. The van der Waals surface area contributed by atoms with Crippen LogP contribution in [0, 0.1) is 29.1 Å². The summed E-state index contributed by atoms with van der Waals surface area (Å²) in [6.07, 6.45) is 2.34. The Labute approximate surface area is 165 Å². The second-order valence-electron chi connectivity index (χ2n) is 7.16. The van der Waals surface area contributed by atoms with Crippen molar-refractivity contribution in [2.24, 2.45) is 5.92 Å². The Bertz CT molecular complexity index is 1060. The SMILES string of the molecule is N#C[C@H]1[C@@H](c2ccc(C#CC3CC3)cc2)[C@@H](CO)N1S(=O)(=O)c1ccccc1. The average Bonchev–Trinajstić information content (AvgIpc) is 3.52. The van der Waals surface area contributed by atoms with E-state index in [9.17, 15) is 18.8 Å². The van der Waals surface area contributed by atoms with E-state index in [-0.39, 0.29) is 17.4 Å². The molecule has 1 heterocycles. The number of hydrogen-bond acceptors (Lipinski definition) is 4. The monoisotopic (exact) mass is 392 g/mol. The topological polar surface area (TPSA) is 81.4 Å². The highest BCUT2D eigenvalue weighted by Gasteiger charge is 2.55. The first-order chi connectivity index (χ1) is 13.6. The molecule has 1 saturated carbocycles. The molecule has 0 bridgehead atoms. The van der Waals surface area contributed by atoms with Gasteiger partial charge in [-0.25, -0.2) is 8.42 Å². The lowest BCUT2D eigenvalue weighted by Gasteiger charge is -2.50. The van der Waals surface area contributed by atoms with Crippen LogP contribution in [0.25, 0.3) is 0 Å². The predicted octanol–water partition coefficient (Wildman–Crippen LogP) is 2.49. The number of rotatable bonds is 4. The Balaban J connectivity index is 1.61. The summed E-state index contributed by atoms with van der Waals surface area (Å²) in [5.41, 5.74) is 1.74. The van der Waals surface area contributed by atoms with E-state index in [1.807, 2.05) is 24.3 Å². The fourth-order valence-corrected chi connectivity index (χ4v) is 5.39. The van der Waals surface area contributed by atoms with Gasteiger partial charge in [-0.1, -0.05) is 42.2 Å². The van der Waals surface area contributed by atoms with E-state index < -0.39 is 22.1 Å². The maximum Gasteiger partial charge on any atom is 0.244 e. The van der Waals surface area contributed by atoms with Gasteiger partial charge in [0.1, 0.15) is 6.04 Å². The minimum Gasteiger partial charge on any atom is -0.395 e. The Morgan fingerprint density at radius 1 is 1.07 bits per heavy atom. The highest BCUT2D eigenvalue weighted by molar-refractivity contribution is 7.89. The van der Waals surface area contributed by atoms with Gasteiger partial charge >= 0.3 is 0 Å². The molecule has 0 spiro atoms. The standard InChI is InChI=1S/C22H20N2O3S/c23-14-20-22(18-12-10-17(11-13-18)9-8-16-6-7-16)21(15-25)24(20)28(26,27)19-4-2-1-3-5-19/h1-5,10-13,16,20-22,25H,6-7,15H2/t20-,21+,22+/m0/s1. The van der Waals surface area contributed by atoms with Crippen molar-refractivity contribution >= 4 is 10.0 Å². The van der Waals surface area contributed by atoms with Crippen molar-refractivity contribution in [2.75, 3.05) is 6.61 Å². The summed E-state index contributed by atoms with van der Waals surface area (Å²) < 4.78 is 27.1. The van der Waals surface area contributed by atoms with Crippen molar-refractivity contribution in [2.45, 2.75) is 35.7 Å². The highest BCUT2D eigenvalue weighted by atomic mass is 32.2. The van der Waals surface area contributed by atoms with Gasteiger partial charge in [-0.3, -0.25) is 0 Å². The van der Waals surface area contributed by atoms with Gasteiger partial charge in [0.2, 0.25) is 10.0 Å². The maximum absolute atomic E-state index is 13.0. The molecule has 4 rings (SSSR count). The van der Waals surface area contributed by atoms with Crippen LogP contribution in [-0.4, -0.2) is 36.5 Å². The molecule has 1 aliphatic heterocycles. The summed E-state index contributed by atoms with van der Waals surface area (Å²) in [6, 6.07) is 16.1. The molecule has 0 radical (unpaired) electrons. The summed E-state index contributed by atoms with van der Waals surface area (Å²) in [7, 11) is -3.86. The highest BCUT2D eigenvalue weighted by Crippen LogP contribution is 2.43. The zero-order valence-electron chi connectivity index (χ0n) is 15.2. The number of sulfonamides is 1. The van der Waals surface area contributed by atoms with E-state index in [1.165, 1.54) is 25.0 Å². The molecule has 1 saturated heterocycles. The van der Waals surface area contributed by atoms with Gasteiger partial charge in [0.15, 0.2) is 0 Å². The predicted molar refractivity (Wildman–Crippen MR) is 105 cm³/mol. The van der Waals surface area contributed by atoms with E-state index in [0.717, 1.165) is 15.4 Å². The first-order valence-electron chi connectivity index (χ1n) is 9.27. The van der Waals surface area contributed by atoms with Crippen LogP contribution >= 0.6 is 0 Å². The van der Waals surface area contributed by atoms with Crippen LogP contribution in [0.3, 0.4) is 0 Å². The molecule has 2 aromatic rings. The van der Waals surface area contributed by atoms with Gasteiger partial charge in [0, 0.05) is 17.4 Å². The number of aliphatic hydroxyl groups excluding tert-OH is 1.